The second-order valence-electron chi connectivity index (χ2n) is 3.43. The molecular formula is C9H14N4O3. The molecule has 0 aliphatic heterocycles. The maximum Gasteiger partial charge on any atom is 0.303 e. The van der Waals surface area contributed by atoms with Gasteiger partial charge in [0.25, 0.3) is 0 Å². The number of nitrogens with zero attached hydrogens (tertiary/aromatic N) is 3. The number of amides is 1. The van der Waals surface area contributed by atoms with Gasteiger partial charge in [-0.15, -0.1) is 0 Å². The Hall–Kier alpha value is -1.92. The standard InChI is InChI=1S/C9H14N4O3/c1-13(5-7-10-6-11-12-7)8(14)3-2-4-9(15)16/h6H,2-5H2,1H3,(H,15,16)(H,10,11,12). The van der Waals surface area contributed by atoms with E-state index in [1.807, 2.05) is 0 Å². The molecule has 0 saturated carbocycles. The van der Waals surface area contributed by atoms with Crippen LogP contribution >= 0.6 is 0 Å². The molecule has 0 atom stereocenters. The molecule has 1 heterocycles. The van der Waals surface area contributed by atoms with Gasteiger partial charge in [-0.3, -0.25) is 14.7 Å². The quantitative estimate of drug-likeness (QED) is 0.712. The van der Waals surface area contributed by atoms with Crippen LogP contribution in [0.2, 0.25) is 0 Å². The van der Waals surface area contributed by atoms with Crippen LogP contribution in [0, 0.1) is 0 Å². The van der Waals surface area contributed by atoms with Crippen LogP contribution in [0.4, 0.5) is 0 Å². The lowest BCUT2D eigenvalue weighted by Gasteiger charge is -2.14. The van der Waals surface area contributed by atoms with Crippen LogP contribution in [0.25, 0.3) is 0 Å². The molecule has 1 aromatic heterocycles. The summed E-state index contributed by atoms with van der Waals surface area (Å²) in [6.45, 7) is 0.353. The number of hydrogen-bond donors (Lipinski definition) is 2. The molecule has 0 aliphatic rings. The first kappa shape index (κ1) is 12.2. The Morgan fingerprint density at radius 3 is 2.81 bits per heavy atom. The Kier molecular flexibility index (Phi) is 4.43. The van der Waals surface area contributed by atoms with Gasteiger partial charge in [0, 0.05) is 19.9 Å². The van der Waals surface area contributed by atoms with Crippen LogP contribution in [0.15, 0.2) is 6.33 Å². The van der Waals surface area contributed by atoms with E-state index in [0.717, 1.165) is 0 Å². The molecule has 0 aromatic carbocycles. The average molecular weight is 226 g/mol. The summed E-state index contributed by atoms with van der Waals surface area (Å²) in [4.78, 5) is 27.2. The van der Waals surface area contributed by atoms with E-state index in [9.17, 15) is 9.59 Å². The number of rotatable bonds is 6. The van der Waals surface area contributed by atoms with Crippen molar-refractivity contribution in [1.29, 1.82) is 0 Å². The second kappa shape index (κ2) is 5.84. The summed E-state index contributed by atoms with van der Waals surface area (Å²) in [5, 5.41) is 14.7. The smallest absolute Gasteiger partial charge is 0.303 e. The molecule has 0 unspecified atom stereocenters. The summed E-state index contributed by atoms with van der Waals surface area (Å²) in [7, 11) is 1.64. The molecule has 0 spiro atoms. The number of carbonyl (C=O) groups is 2. The van der Waals surface area contributed by atoms with E-state index in [0.29, 0.717) is 18.8 Å². The first-order valence-electron chi connectivity index (χ1n) is 4.89. The van der Waals surface area contributed by atoms with Crippen molar-refractivity contribution in [3.05, 3.63) is 12.2 Å². The molecular weight excluding hydrogens is 212 g/mol. The molecule has 0 saturated heterocycles. The van der Waals surface area contributed by atoms with Crippen molar-refractivity contribution in [2.24, 2.45) is 0 Å². The summed E-state index contributed by atoms with van der Waals surface area (Å²) < 4.78 is 0. The Labute approximate surface area is 92.5 Å². The molecule has 0 fully saturated rings. The number of aromatic amines is 1. The van der Waals surface area contributed by atoms with Crippen LogP contribution in [-0.2, 0) is 16.1 Å². The van der Waals surface area contributed by atoms with Crippen molar-refractivity contribution in [3.8, 4) is 0 Å². The molecule has 1 amide bonds. The van der Waals surface area contributed by atoms with E-state index in [4.69, 9.17) is 5.11 Å². The summed E-state index contributed by atoms with van der Waals surface area (Å²) in [5.41, 5.74) is 0. The lowest BCUT2D eigenvalue weighted by Crippen LogP contribution is -2.26. The largest absolute Gasteiger partial charge is 0.481 e. The third-order valence-corrected chi connectivity index (χ3v) is 2.06. The molecule has 0 bridgehead atoms. The number of carbonyl (C=O) groups excluding carboxylic acids is 1. The maximum atomic E-state index is 11.5. The van der Waals surface area contributed by atoms with Crippen LogP contribution in [-0.4, -0.2) is 44.1 Å². The van der Waals surface area contributed by atoms with Crippen molar-refractivity contribution in [2.75, 3.05) is 7.05 Å². The number of carboxylic acid groups (broad SMARTS) is 1. The van der Waals surface area contributed by atoms with E-state index in [-0.39, 0.29) is 18.7 Å². The number of hydrogen-bond acceptors (Lipinski definition) is 4. The van der Waals surface area contributed by atoms with E-state index in [1.165, 1.54) is 11.2 Å². The summed E-state index contributed by atoms with van der Waals surface area (Å²) in [5.74, 6) is -0.377. The van der Waals surface area contributed by atoms with Crippen LogP contribution in [0.3, 0.4) is 0 Å². The zero-order valence-corrected chi connectivity index (χ0v) is 9.01. The highest BCUT2D eigenvalue weighted by atomic mass is 16.4. The van der Waals surface area contributed by atoms with Gasteiger partial charge in [-0.2, -0.15) is 5.10 Å². The van der Waals surface area contributed by atoms with E-state index < -0.39 is 5.97 Å². The van der Waals surface area contributed by atoms with Gasteiger partial charge in [0.1, 0.15) is 12.2 Å². The molecule has 16 heavy (non-hydrogen) atoms. The van der Waals surface area contributed by atoms with Crippen molar-refractivity contribution in [1.82, 2.24) is 20.1 Å². The fourth-order valence-electron chi connectivity index (χ4n) is 1.20. The fraction of sp³-hybridized carbons (Fsp3) is 0.556. The van der Waals surface area contributed by atoms with E-state index >= 15 is 0 Å². The second-order valence-corrected chi connectivity index (χ2v) is 3.43. The summed E-state index contributed by atoms with van der Waals surface area (Å²) in [6.07, 6.45) is 1.98. The maximum absolute atomic E-state index is 11.5. The number of nitrogens with one attached hydrogen (secondary N) is 1. The molecule has 2 N–H and O–H groups in total. The molecule has 1 rings (SSSR count). The van der Waals surface area contributed by atoms with Gasteiger partial charge in [0.2, 0.25) is 5.91 Å². The van der Waals surface area contributed by atoms with Crippen LogP contribution in [0.1, 0.15) is 25.1 Å². The van der Waals surface area contributed by atoms with Crippen molar-refractivity contribution >= 4 is 11.9 Å². The average Bonchev–Trinajstić information content (AvgIpc) is 2.69. The van der Waals surface area contributed by atoms with Gasteiger partial charge in [0.05, 0.1) is 6.54 Å². The number of aromatic nitrogens is 3. The predicted molar refractivity (Wildman–Crippen MR) is 54.3 cm³/mol. The first-order chi connectivity index (χ1) is 7.59. The highest BCUT2D eigenvalue weighted by molar-refractivity contribution is 5.76. The number of H-pyrrole nitrogens is 1. The van der Waals surface area contributed by atoms with Crippen molar-refractivity contribution in [2.45, 2.75) is 25.8 Å². The topological polar surface area (TPSA) is 99.2 Å². The highest BCUT2D eigenvalue weighted by Gasteiger charge is 2.10. The first-order valence-corrected chi connectivity index (χ1v) is 4.89. The Balaban J connectivity index is 2.28. The minimum absolute atomic E-state index is 0.0158. The Morgan fingerprint density at radius 2 is 2.25 bits per heavy atom. The van der Waals surface area contributed by atoms with Crippen LogP contribution < -0.4 is 0 Å². The minimum atomic E-state index is -0.884. The fourth-order valence-corrected chi connectivity index (χ4v) is 1.20. The van der Waals surface area contributed by atoms with Crippen molar-refractivity contribution < 1.29 is 14.7 Å². The van der Waals surface area contributed by atoms with Gasteiger partial charge < -0.3 is 10.0 Å². The van der Waals surface area contributed by atoms with Gasteiger partial charge in [0.15, 0.2) is 0 Å². The minimum Gasteiger partial charge on any atom is -0.481 e. The number of aliphatic carboxylic acids is 1. The summed E-state index contributed by atoms with van der Waals surface area (Å²) >= 11 is 0. The normalized spacial score (nSPS) is 10.1. The lowest BCUT2D eigenvalue weighted by molar-refractivity contribution is -0.137. The van der Waals surface area contributed by atoms with Gasteiger partial charge in [-0.1, -0.05) is 0 Å². The zero-order chi connectivity index (χ0) is 12.0. The SMILES string of the molecule is CN(Cc1ncn[nH]1)C(=O)CCCC(=O)O. The Bertz CT molecular complexity index is 350. The van der Waals surface area contributed by atoms with Crippen molar-refractivity contribution in [3.63, 3.8) is 0 Å². The van der Waals surface area contributed by atoms with Gasteiger partial charge in [-0.25, -0.2) is 4.98 Å². The molecule has 1 aromatic rings. The molecule has 7 heteroatoms. The number of carboxylic acids is 1. The monoisotopic (exact) mass is 226 g/mol. The van der Waals surface area contributed by atoms with E-state index in [2.05, 4.69) is 15.2 Å². The van der Waals surface area contributed by atoms with Crippen LogP contribution in [0.5, 0.6) is 0 Å². The summed E-state index contributed by atoms with van der Waals surface area (Å²) in [6, 6.07) is 0. The third kappa shape index (κ3) is 4.07. The molecule has 0 radical (unpaired) electrons. The Morgan fingerprint density at radius 1 is 1.50 bits per heavy atom. The third-order valence-electron chi connectivity index (χ3n) is 2.06. The van der Waals surface area contributed by atoms with Gasteiger partial charge in [-0.05, 0) is 6.42 Å². The molecule has 88 valence electrons. The predicted octanol–water partition coefficient (Wildman–Crippen LogP) is 0.0180. The lowest BCUT2D eigenvalue weighted by atomic mass is 10.2. The highest BCUT2D eigenvalue weighted by Crippen LogP contribution is 2.02. The van der Waals surface area contributed by atoms with E-state index in [1.54, 1.807) is 7.05 Å². The molecule has 0 aliphatic carbocycles. The van der Waals surface area contributed by atoms with Gasteiger partial charge >= 0.3 is 5.97 Å². The zero-order valence-electron chi connectivity index (χ0n) is 9.01. The molecule has 7 nitrogen and oxygen atoms in total.